The summed E-state index contributed by atoms with van der Waals surface area (Å²) < 4.78 is 5.13. The highest BCUT2D eigenvalue weighted by molar-refractivity contribution is 6.10. The van der Waals surface area contributed by atoms with Crippen molar-refractivity contribution >= 4 is 28.6 Å². The molecule has 22 heavy (non-hydrogen) atoms. The minimum atomic E-state index is -0.928. The first-order valence-electron chi connectivity index (χ1n) is 6.98. The molecule has 0 radical (unpaired) electrons. The Kier molecular flexibility index (Phi) is 4.60. The third-order valence-electron chi connectivity index (χ3n) is 3.29. The topological polar surface area (TPSA) is 88.3 Å². The third-order valence-corrected chi connectivity index (χ3v) is 3.29. The summed E-state index contributed by atoms with van der Waals surface area (Å²) in [5, 5.41) is 3.20. The number of rotatable bonds is 5. The van der Waals surface area contributed by atoms with Crippen molar-refractivity contribution in [2.24, 2.45) is 0 Å². The highest BCUT2D eigenvalue weighted by Crippen LogP contribution is 2.20. The number of carbonyl (C=O) groups is 3. The molecule has 2 rings (SSSR count). The van der Waals surface area contributed by atoms with Crippen LogP contribution in [0.3, 0.4) is 0 Å². The van der Waals surface area contributed by atoms with E-state index in [0.29, 0.717) is 5.56 Å². The van der Waals surface area contributed by atoms with Crippen molar-refractivity contribution in [3.63, 3.8) is 0 Å². The molecule has 2 N–H and O–H groups in total. The quantitative estimate of drug-likeness (QED) is 0.651. The van der Waals surface area contributed by atoms with Crippen LogP contribution in [0.25, 0.3) is 10.9 Å². The Morgan fingerprint density at radius 3 is 2.55 bits per heavy atom. The molecule has 0 saturated heterocycles. The van der Waals surface area contributed by atoms with E-state index in [1.165, 1.54) is 20.8 Å². The Morgan fingerprint density at radius 1 is 1.18 bits per heavy atom. The fourth-order valence-corrected chi connectivity index (χ4v) is 2.19. The van der Waals surface area contributed by atoms with Gasteiger partial charge >= 0.3 is 5.97 Å². The first-order chi connectivity index (χ1) is 10.4. The summed E-state index contributed by atoms with van der Waals surface area (Å²) in [5.74, 6) is -1.27. The molecule has 0 aliphatic heterocycles. The van der Waals surface area contributed by atoms with E-state index in [2.05, 4.69) is 10.3 Å². The van der Waals surface area contributed by atoms with E-state index in [0.717, 1.165) is 10.9 Å². The Hall–Kier alpha value is -2.63. The molecule has 1 aromatic carbocycles. The van der Waals surface area contributed by atoms with E-state index in [-0.39, 0.29) is 11.7 Å². The van der Waals surface area contributed by atoms with Crippen LogP contribution >= 0.6 is 0 Å². The van der Waals surface area contributed by atoms with Crippen LogP contribution in [0.4, 0.5) is 0 Å². The first kappa shape index (κ1) is 15.8. The number of fused-ring (bicyclic) bond motifs is 1. The zero-order chi connectivity index (χ0) is 16.3. The molecule has 0 fully saturated rings. The number of ether oxygens (including phenoxy) is 1. The number of benzene rings is 1. The maximum Gasteiger partial charge on any atom is 0.329 e. The van der Waals surface area contributed by atoms with Crippen LogP contribution in [0.2, 0.25) is 0 Å². The smallest absolute Gasteiger partial charge is 0.329 e. The van der Waals surface area contributed by atoms with Crippen LogP contribution in [0.5, 0.6) is 0 Å². The van der Waals surface area contributed by atoms with Crippen molar-refractivity contribution in [1.29, 1.82) is 0 Å². The van der Waals surface area contributed by atoms with Gasteiger partial charge in [-0.3, -0.25) is 9.59 Å². The van der Waals surface area contributed by atoms with Crippen LogP contribution in [0.1, 0.15) is 31.1 Å². The standard InChI is InChI=1S/C16H18N2O4/c1-9(18-11(3)19)16(21)22-10(2)15(20)13-8-17-14-7-5-4-6-12(13)14/h4-10,17H,1-3H3,(H,18,19)/t9-,10-/m0/s1. The lowest BCUT2D eigenvalue weighted by atomic mass is 10.1. The average molecular weight is 302 g/mol. The Bertz CT molecular complexity index is 720. The van der Waals surface area contributed by atoms with E-state index < -0.39 is 18.1 Å². The second-order valence-electron chi connectivity index (χ2n) is 5.11. The van der Waals surface area contributed by atoms with Gasteiger partial charge in [0.1, 0.15) is 6.04 Å². The number of amides is 1. The zero-order valence-electron chi connectivity index (χ0n) is 12.7. The largest absolute Gasteiger partial charge is 0.453 e. The molecule has 1 amide bonds. The highest BCUT2D eigenvalue weighted by Gasteiger charge is 2.24. The molecule has 0 spiro atoms. The van der Waals surface area contributed by atoms with Crippen LogP contribution in [-0.2, 0) is 14.3 Å². The van der Waals surface area contributed by atoms with Crippen LogP contribution in [0, 0.1) is 0 Å². The predicted octanol–water partition coefficient (Wildman–Crippen LogP) is 1.81. The molecule has 6 heteroatoms. The number of hydrogen-bond donors (Lipinski definition) is 2. The average Bonchev–Trinajstić information content (AvgIpc) is 2.89. The van der Waals surface area contributed by atoms with E-state index in [1.807, 2.05) is 24.3 Å². The molecule has 116 valence electrons. The van der Waals surface area contributed by atoms with Gasteiger partial charge in [0.05, 0.1) is 0 Å². The minimum Gasteiger partial charge on any atom is -0.453 e. The molecule has 6 nitrogen and oxygen atoms in total. The van der Waals surface area contributed by atoms with Crippen molar-refractivity contribution < 1.29 is 19.1 Å². The van der Waals surface area contributed by atoms with Gasteiger partial charge in [-0.1, -0.05) is 18.2 Å². The van der Waals surface area contributed by atoms with E-state index in [1.54, 1.807) is 6.20 Å². The molecule has 0 saturated carbocycles. The Morgan fingerprint density at radius 2 is 1.86 bits per heavy atom. The van der Waals surface area contributed by atoms with Gasteiger partial charge in [-0.15, -0.1) is 0 Å². The van der Waals surface area contributed by atoms with Crippen molar-refractivity contribution in [2.45, 2.75) is 32.9 Å². The fourth-order valence-electron chi connectivity index (χ4n) is 2.19. The minimum absolute atomic E-state index is 0.291. The number of esters is 1. The van der Waals surface area contributed by atoms with Crippen molar-refractivity contribution in [3.8, 4) is 0 Å². The van der Waals surface area contributed by atoms with Crippen LogP contribution in [-0.4, -0.2) is 34.8 Å². The molecular formula is C16H18N2O4. The van der Waals surface area contributed by atoms with Crippen molar-refractivity contribution in [1.82, 2.24) is 10.3 Å². The number of para-hydroxylation sites is 1. The molecule has 0 unspecified atom stereocenters. The number of carbonyl (C=O) groups excluding carboxylic acids is 3. The lowest BCUT2D eigenvalue weighted by molar-refractivity contribution is -0.149. The number of H-pyrrole nitrogens is 1. The van der Waals surface area contributed by atoms with Gasteiger partial charge in [-0.2, -0.15) is 0 Å². The first-order valence-corrected chi connectivity index (χ1v) is 6.98. The summed E-state index contributed by atoms with van der Waals surface area (Å²) in [7, 11) is 0. The summed E-state index contributed by atoms with van der Waals surface area (Å²) in [6.45, 7) is 4.33. The number of Topliss-reactive ketones (excluding diaryl/α,β-unsaturated/α-hetero) is 1. The molecule has 0 aliphatic rings. The third kappa shape index (κ3) is 3.33. The summed E-state index contributed by atoms with van der Waals surface area (Å²) in [5.41, 5.74) is 1.32. The molecule has 1 heterocycles. The zero-order valence-corrected chi connectivity index (χ0v) is 12.7. The van der Waals surface area contributed by atoms with E-state index >= 15 is 0 Å². The Labute approximate surface area is 127 Å². The van der Waals surface area contributed by atoms with E-state index in [4.69, 9.17) is 4.74 Å². The maximum absolute atomic E-state index is 12.4. The number of ketones is 1. The summed E-state index contributed by atoms with van der Waals surface area (Å²) in [4.78, 5) is 38.2. The number of nitrogens with one attached hydrogen (secondary N) is 2. The predicted molar refractivity (Wildman–Crippen MR) is 81.5 cm³/mol. The summed E-state index contributed by atoms with van der Waals surface area (Å²) in [6, 6.07) is 6.60. The fraction of sp³-hybridized carbons (Fsp3) is 0.312. The Balaban J connectivity index is 2.09. The lowest BCUT2D eigenvalue weighted by Gasteiger charge is -2.16. The molecular weight excluding hydrogens is 284 g/mol. The number of hydrogen-bond acceptors (Lipinski definition) is 4. The molecule has 1 aromatic heterocycles. The van der Waals surface area contributed by atoms with Crippen LogP contribution < -0.4 is 5.32 Å². The summed E-state index contributed by atoms with van der Waals surface area (Å²) in [6.07, 6.45) is 0.678. The number of aromatic amines is 1. The summed E-state index contributed by atoms with van der Waals surface area (Å²) >= 11 is 0. The normalized spacial score (nSPS) is 13.4. The van der Waals surface area contributed by atoms with Gasteiger partial charge in [-0.25, -0.2) is 4.79 Å². The SMILES string of the molecule is CC(=O)N[C@@H](C)C(=O)O[C@@H](C)C(=O)c1c[nH]c2ccccc12. The van der Waals surface area contributed by atoms with Gasteiger partial charge in [0.2, 0.25) is 11.7 Å². The van der Waals surface area contributed by atoms with Crippen LogP contribution in [0.15, 0.2) is 30.5 Å². The lowest BCUT2D eigenvalue weighted by Crippen LogP contribution is -2.40. The van der Waals surface area contributed by atoms with Gasteiger partial charge in [0, 0.05) is 29.6 Å². The molecule has 2 atom stereocenters. The molecule has 2 aromatic rings. The van der Waals surface area contributed by atoms with Crippen molar-refractivity contribution in [3.05, 3.63) is 36.0 Å². The second kappa shape index (κ2) is 6.43. The van der Waals surface area contributed by atoms with Gasteiger partial charge in [0.15, 0.2) is 6.10 Å². The monoisotopic (exact) mass is 302 g/mol. The molecule has 0 aliphatic carbocycles. The van der Waals surface area contributed by atoms with Gasteiger partial charge < -0.3 is 15.0 Å². The number of aromatic nitrogens is 1. The highest BCUT2D eigenvalue weighted by atomic mass is 16.5. The van der Waals surface area contributed by atoms with E-state index in [9.17, 15) is 14.4 Å². The van der Waals surface area contributed by atoms with Gasteiger partial charge in [0.25, 0.3) is 0 Å². The maximum atomic E-state index is 12.4. The van der Waals surface area contributed by atoms with Crippen molar-refractivity contribution in [2.75, 3.05) is 0 Å². The van der Waals surface area contributed by atoms with Gasteiger partial charge in [-0.05, 0) is 19.9 Å². The molecule has 0 bridgehead atoms. The second-order valence-corrected chi connectivity index (χ2v) is 5.11.